The minimum absolute atomic E-state index is 0.107. The van der Waals surface area contributed by atoms with E-state index in [1.165, 1.54) is 24.1 Å². The number of anilines is 1. The molecule has 0 aliphatic heterocycles. The molecular formula is C15H22N2O2S. The number of carbonyl (C=O) groups excluding carboxylic acids is 1. The van der Waals surface area contributed by atoms with Crippen molar-refractivity contribution >= 4 is 22.4 Å². The molecule has 1 N–H and O–H groups in total. The monoisotopic (exact) mass is 294 g/mol. The molecule has 4 nitrogen and oxygen atoms in total. The van der Waals surface area contributed by atoms with Crippen molar-refractivity contribution in [2.24, 2.45) is 5.92 Å². The number of ether oxygens (including phenoxy) is 1. The third kappa shape index (κ3) is 2.82. The number of hydrogen-bond acceptors (Lipinski definition) is 5. The van der Waals surface area contributed by atoms with Gasteiger partial charge in [0, 0.05) is 11.4 Å². The molecule has 0 radical (unpaired) electrons. The van der Waals surface area contributed by atoms with Crippen LogP contribution < -0.4 is 5.32 Å². The van der Waals surface area contributed by atoms with E-state index < -0.39 is 0 Å². The summed E-state index contributed by atoms with van der Waals surface area (Å²) < 4.78 is 5.18. The first-order valence-corrected chi connectivity index (χ1v) is 8.49. The lowest BCUT2D eigenvalue weighted by Crippen LogP contribution is -2.21. The lowest BCUT2D eigenvalue weighted by Gasteiger charge is -2.25. The van der Waals surface area contributed by atoms with Crippen LogP contribution in [-0.4, -0.2) is 24.1 Å². The van der Waals surface area contributed by atoms with E-state index in [4.69, 9.17) is 4.74 Å². The van der Waals surface area contributed by atoms with Gasteiger partial charge in [0.05, 0.1) is 12.3 Å². The molecule has 1 unspecified atom stereocenters. The fourth-order valence-electron chi connectivity index (χ4n) is 2.89. The number of nitrogens with zero attached hydrogens (tertiary/aromatic N) is 1. The number of thiazole rings is 1. The largest absolute Gasteiger partial charge is 0.465 e. The molecule has 1 aromatic heterocycles. The molecule has 2 aliphatic carbocycles. The molecule has 1 saturated carbocycles. The van der Waals surface area contributed by atoms with E-state index in [0.29, 0.717) is 6.61 Å². The highest BCUT2D eigenvalue weighted by Gasteiger charge is 2.31. The van der Waals surface area contributed by atoms with Gasteiger partial charge in [-0.1, -0.05) is 6.42 Å². The second kappa shape index (κ2) is 6.12. The van der Waals surface area contributed by atoms with E-state index in [2.05, 4.69) is 10.3 Å². The quantitative estimate of drug-likeness (QED) is 0.846. The lowest BCUT2D eigenvalue weighted by molar-refractivity contribution is -0.145. The first-order chi connectivity index (χ1) is 9.78. The van der Waals surface area contributed by atoms with Crippen LogP contribution in [0, 0.1) is 5.92 Å². The first kappa shape index (κ1) is 13.9. The summed E-state index contributed by atoms with van der Waals surface area (Å²) in [4.78, 5) is 18.0. The summed E-state index contributed by atoms with van der Waals surface area (Å²) in [7, 11) is 0. The van der Waals surface area contributed by atoms with Gasteiger partial charge in [0.1, 0.15) is 5.92 Å². The Morgan fingerprint density at radius 3 is 2.95 bits per heavy atom. The number of aromatic nitrogens is 1. The SMILES string of the molecule is CCOC(=O)C1CCCc2sc(NCC3CCC3)nc21. The van der Waals surface area contributed by atoms with Crippen LogP contribution in [0.5, 0.6) is 0 Å². The smallest absolute Gasteiger partial charge is 0.315 e. The second-order valence-electron chi connectivity index (χ2n) is 5.70. The van der Waals surface area contributed by atoms with Crippen LogP contribution in [0.1, 0.15) is 55.5 Å². The Bertz CT molecular complexity index is 482. The third-order valence-electron chi connectivity index (χ3n) is 4.29. The van der Waals surface area contributed by atoms with E-state index >= 15 is 0 Å². The van der Waals surface area contributed by atoms with Crippen LogP contribution in [0.3, 0.4) is 0 Å². The fraction of sp³-hybridized carbons (Fsp3) is 0.733. The fourth-order valence-corrected chi connectivity index (χ4v) is 3.97. The van der Waals surface area contributed by atoms with Gasteiger partial charge in [-0.05, 0) is 44.9 Å². The maximum Gasteiger partial charge on any atom is 0.315 e. The zero-order valence-electron chi connectivity index (χ0n) is 12.0. The van der Waals surface area contributed by atoms with Crippen LogP contribution in [0.25, 0.3) is 0 Å². The highest BCUT2D eigenvalue weighted by Crippen LogP contribution is 2.37. The van der Waals surface area contributed by atoms with E-state index in [9.17, 15) is 4.79 Å². The second-order valence-corrected chi connectivity index (χ2v) is 6.79. The number of hydrogen-bond donors (Lipinski definition) is 1. The highest BCUT2D eigenvalue weighted by molar-refractivity contribution is 7.15. The zero-order chi connectivity index (χ0) is 13.9. The Labute approximate surface area is 123 Å². The number of fused-ring (bicyclic) bond motifs is 1. The minimum atomic E-state index is -0.144. The lowest BCUT2D eigenvalue weighted by atomic mass is 9.85. The maximum atomic E-state index is 12.0. The van der Waals surface area contributed by atoms with Crippen molar-refractivity contribution in [3.8, 4) is 0 Å². The summed E-state index contributed by atoms with van der Waals surface area (Å²) in [5, 5.41) is 4.43. The molecule has 3 rings (SSSR count). The van der Waals surface area contributed by atoms with Gasteiger partial charge in [0.15, 0.2) is 5.13 Å². The Balaban J connectivity index is 1.68. The average Bonchev–Trinajstić information content (AvgIpc) is 2.79. The van der Waals surface area contributed by atoms with Gasteiger partial charge >= 0.3 is 5.97 Å². The number of esters is 1. The topological polar surface area (TPSA) is 51.2 Å². The maximum absolute atomic E-state index is 12.0. The molecular weight excluding hydrogens is 272 g/mol. The Hall–Kier alpha value is -1.10. The van der Waals surface area contributed by atoms with Crippen molar-refractivity contribution in [1.82, 2.24) is 4.98 Å². The summed E-state index contributed by atoms with van der Waals surface area (Å²) in [6, 6.07) is 0. The predicted octanol–water partition coefficient (Wildman–Crippen LogP) is 3.34. The van der Waals surface area contributed by atoms with Crippen molar-refractivity contribution in [2.45, 2.75) is 51.4 Å². The molecule has 0 bridgehead atoms. The standard InChI is InChI=1S/C15H22N2O2S/c1-2-19-14(18)11-7-4-8-12-13(11)17-15(20-12)16-9-10-5-3-6-10/h10-11H,2-9H2,1H3,(H,16,17). The van der Waals surface area contributed by atoms with E-state index in [0.717, 1.165) is 42.6 Å². The van der Waals surface area contributed by atoms with Crippen molar-refractivity contribution in [1.29, 1.82) is 0 Å². The Morgan fingerprint density at radius 2 is 2.25 bits per heavy atom. The normalized spacial score (nSPS) is 21.9. The number of nitrogens with one attached hydrogen (secondary N) is 1. The van der Waals surface area contributed by atoms with Gasteiger partial charge in [-0.15, -0.1) is 11.3 Å². The number of carbonyl (C=O) groups is 1. The molecule has 0 aromatic carbocycles. The van der Waals surface area contributed by atoms with Crippen LogP contribution in [0.15, 0.2) is 0 Å². The van der Waals surface area contributed by atoms with Gasteiger partial charge in [-0.2, -0.15) is 0 Å². The molecule has 20 heavy (non-hydrogen) atoms. The molecule has 1 aromatic rings. The van der Waals surface area contributed by atoms with E-state index in [1.807, 2.05) is 6.92 Å². The zero-order valence-corrected chi connectivity index (χ0v) is 12.8. The Kier molecular flexibility index (Phi) is 4.24. The van der Waals surface area contributed by atoms with Crippen molar-refractivity contribution in [3.63, 3.8) is 0 Å². The third-order valence-corrected chi connectivity index (χ3v) is 5.38. The molecule has 5 heteroatoms. The molecule has 1 atom stereocenters. The van der Waals surface area contributed by atoms with Gasteiger partial charge < -0.3 is 10.1 Å². The van der Waals surface area contributed by atoms with Crippen LogP contribution in [-0.2, 0) is 16.0 Å². The van der Waals surface area contributed by atoms with Gasteiger partial charge in [-0.3, -0.25) is 4.79 Å². The number of aryl methyl sites for hydroxylation is 1. The summed E-state index contributed by atoms with van der Waals surface area (Å²) in [5.74, 6) is 0.565. The summed E-state index contributed by atoms with van der Waals surface area (Å²) >= 11 is 1.72. The van der Waals surface area contributed by atoms with Gasteiger partial charge in [0.25, 0.3) is 0 Å². The molecule has 0 saturated heterocycles. The highest BCUT2D eigenvalue weighted by atomic mass is 32.1. The predicted molar refractivity (Wildman–Crippen MR) is 80.3 cm³/mol. The molecule has 1 fully saturated rings. The molecule has 0 amide bonds. The van der Waals surface area contributed by atoms with E-state index in [1.54, 1.807) is 11.3 Å². The average molecular weight is 294 g/mol. The van der Waals surface area contributed by atoms with Crippen molar-refractivity contribution in [2.75, 3.05) is 18.5 Å². The van der Waals surface area contributed by atoms with Gasteiger partial charge in [-0.25, -0.2) is 4.98 Å². The summed E-state index contributed by atoms with van der Waals surface area (Å²) in [5.41, 5.74) is 0.968. The van der Waals surface area contributed by atoms with E-state index in [-0.39, 0.29) is 11.9 Å². The van der Waals surface area contributed by atoms with Crippen molar-refractivity contribution < 1.29 is 9.53 Å². The van der Waals surface area contributed by atoms with Crippen LogP contribution in [0.2, 0.25) is 0 Å². The molecule has 1 heterocycles. The van der Waals surface area contributed by atoms with Gasteiger partial charge in [0.2, 0.25) is 0 Å². The Morgan fingerprint density at radius 1 is 1.40 bits per heavy atom. The molecule has 2 aliphatic rings. The molecule has 110 valence electrons. The summed E-state index contributed by atoms with van der Waals surface area (Å²) in [6.07, 6.45) is 7.02. The molecule has 0 spiro atoms. The summed E-state index contributed by atoms with van der Waals surface area (Å²) in [6.45, 7) is 3.33. The number of rotatable bonds is 5. The van der Waals surface area contributed by atoms with Crippen LogP contribution in [0.4, 0.5) is 5.13 Å². The minimum Gasteiger partial charge on any atom is -0.465 e. The van der Waals surface area contributed by atoms with Crippen molar-refractivity contribution in [3.05, 3.63) is 10.6 Å². The van der Waals surface area contributed by atoms with Crippen LogP contribution >= 0.6 is 11.3 Å². The first-order valence-electron chi connectivity index (χ1n) is 7.68.